The van der Waals surface area contributed by atoms with Gasteiger partial charge in [0.25, 0.3) is 0 Å². The van der Waals surface area contributed by atoms with Crippen LogP contribution >= 0.6 is 11.6 Å². The van der Waals surface area contributed by atoms with Gasteiger partial charge in [0.1, 0.15) is 0 Å². The highest BCUT2D eigenvalue weighted by Gasteiger charge is 2.10. The number of imidazole rings is 1. The Morgan fingerprint density at radius 2 is 2.05 bits per heavy atom. The van der Waals surface area contributed by atoms with Crippen LogP contribution in [0.25, 0.3) is 0 Å². The summed E-state index contributed by atoms with van der Waals surface area (Å²) in [4.78, 5) is 6.41. The molecule has 19 heavy (non-hydrogen) atoms. The molecule has 0 aliphatic heterocycles. The lowest BCUT2D eigenvalue weighted by molar-refractivity contribution is 0.253. The molecule has 1 aromatic heterocycles. The normalized spacial score (nSPS) is 12.8. The van der Waals surface area contributed by atoms with Gasteiger partial charge in [0, 0.05) is 36.5 Å². The molecule has 0 saturated heterocycles. The fraction of sp³-hybridized carbons (Fsp3) is 0.400. The van der Waals surface area contributed by atoms with E-state index >= 15 is 0 Å². The van der Waals surface area contributed by atoms with Crippen LogP contribution in [0.5, 0.6) is 0 Å². The molecule has 3 nitrogen and oxygen atoms in total. The van der Waals surface area contributed by atoms with E-state index in [1.165, 1.54) is 5.56 Å². The zero-order valence-electron chi connectivity index (χ0n) is 11.5. The van der Waals surface area contributed by atoms with E-state index in [0.29, 0.717) is 6.04 Å². The van der Waals surface area contributed by atoms with Gasteiger partial charge < -0.3 is 4.57 Å². The van der Waals surface area contributed by atoms with Gasteiger partial charge in [0.15, 0.2) is 0 Å². The van der Waals surface area contributed by atoms with Gasteiger partial charge in [0.05, 0.1) is 6.33 Å². The molecule has 0 radical (unpaired) electrons. The van der Waals surface area contributed by atoms with E-state index in [9.17, 15) is 0 Å². The third-order valence-electron chi connectivity index (χ3n) is 3.50. The van der Waals surface area contributed by atoms with Crippen molar-refractivity contribution in [1.82, 2.24) is 14.5 Å². The molecule has 0 amide bonds. The van der Waals surface area contributed by atoms with Gasteiger partial charge in [-0.05, 0) is 38.1 Å². The molecule has 1 heterocycles. The molecule has 0 N–H and O–H groups in total. The molecule has 0 aliphatic carbocycles. The minimum Gasteiger partial charge on any atom is -0.337 e. The van der Waals surface area contributed by atoms with Gasteiger partial charge in [-0.3, -0.25) is 4.90 Å². The van der Waals surface area contributed by atoms with Crippen molar-refractivity contribution in [3.05, 3.63) is 53.6 Å². The summed E-state index contributed by atoms with van der Waals surface area (Å²) in [5, 5.41) is 0.790. The molecule has 102 valence electrons. The van der Waals surface area contributed by atoms with Gasteiger partial charge in [0.2, 0.25) is 0 Å². The number of benzene rings is 1. The number of aromatic nitrogens is 2. The largest absolute Gasteiger partial charge is 0.337 e. The Labute approximate surface area is 119 Å². The first-order chi connectivity index (χ1) is 9.16. The minimum absolute atomic E-state index is 0.403. The predicted molar refractivity (Wildman–Crippen MR) is 79.3 cm³/mol. The SMILES string of the molecule is CC(c1ccc(Cl)cc1)N(C)CCCn1ccnc1. The summed E-state index contributed by atoms with van der Waals surface area (Å²) in [6, 6.07) is 8.50. The van der Waals surface area contributed by atoms with Crippen LogP contribution in [0.4, 0.5) is 0 Å². The van der Waals surface area contributed by atoms with E-state index < -0.39 is 0 Å². The molecule has 1 atom stereocenters. The molecular formula is C15H20ClN3. The lowest BCUT2D eigenvalue weighted by atomic mass is 10.1. The van der Waals surface area contributed by atoms with E-state index in [1.54, 1.807) is 0 Å². The van der Waals surface area contributed by atoms with Gasteiger partial charge in [-0.25, -0.2) is 4.98 Å². The number of aryl methyl sites for hydroxylation is 1. The average molecular weight is 278 g/mol. The Morgan fingerprint density at radius 1 is 1.32 bits per heavy atom. The number of nitrogens with zero attached hydrogens (tertiary/aromatic N) is 3. The van der Waals surface area contributed by atoms with Crippen LogP contribution in [0, 0.1) is 0 Å². The fourth-order valence-electron chi connectivity index (χ4n) is 2.11. The second kappa shape index (κ2) is 6.73. The van der Waals surface area contributed by atoms with Crippen molar-refractivity contribution in [2.24, 2.45) is 0 Å². The maximum Gasteiger partial charge on any atom is 0.0945 e. The number of halogens is 1. The van der Waals surface area contributed by atoms with E-state index in [-0.39, 0.29) is 0 Å². The van der Waals surface area contributed by atoms with Crippen molar-refractivity contribution in [2.45, 2.75) is 25.9 Å². The van der Waals surface area contributed by atoms with Gasteiger partial charge in [-0.2, -0.15) is 0 Å². The van der Waals surface area contributed by atoms with Crippen LogP contribution in [0.1, 0.15) is 24.9 Å². The molecular weight excluding hydrogens is 258 g/mol. The fourth-order valence-corrected chi connectivity index (χ4v) is 2.24. The molecule has 0 bridgehead atoms. The first-order valence-electron chi connectivity index (χ1n) is 6.58. The third kappa shape index (κ3) is 4.08. The second-order valence-electron chi connectivity index (χ2n) is 4.86. The van der Waals surface area contributed by atoms with Crippen LogP contribution in [0.3, 0.4) is 0 Å². The summed E-state index contributed by atoms with van der Waals surface area (Å²) >= 11 is 5.91. The maximum absolute atomic E-state index is 5.91. The first kappa shape index (κ1) is 14.1. The van der Waals surface area contributed by atoms with E-state index in [1.807, 2.05) is 30.9 Å². The third-order valence-corrected chi connectivity index (χ3v) is 3.75. The van der Waals surface area contributed by atoms with Crippen molar-refractivity contribution >= 4 is 11.6 Å². The molecule has 2 rings (SSSR count). The summed E-state index contributed by atoms with van der Waals surface area (Å²) in [5.41, 5.74) is 1.30. The summed E-state index contributed by atoms with van der Waals surface area (Å²) in [7, 11) is 2.16. The highest BCUT2D eigenvalue weighted by Crippen LogP contribution is 2.20. The first-order valence-corrected chi connectivity index (χ1v) is 6.96. The van der Waals surface area contributed by atoms with Crippen molar-refractivity contribution in [1.29, 1.82) is 0 Å². The van der Waals surface area contributed by atoms with E-state index in [2.05, 4.69) is 40.6 Å². The molecule has 2 aromatic rings. The lowest BCUT2D eigenvalue weighted by Gasteiger charge is -2.25. The van der Waals surface area contributed by atoms with Crippen LogP contribution in [-0.2, 0) is 6.54 Å². The van der Waals surface area contributed by atoms with Crippen molar-refractivity contribution in [3.8, 4) is 0 Å². The topological polar surface area (TPSA) is 21.1 Å². The number of rotatable bonds is 6. The molecule has 4 heteroatoms. The van der Waals surface area contributed by atoms with Gasteiger partial charge in [-0.15, -0.1) is 0 Å². The molecule has 1 aromatic carbocycles. The summed E-state index contributed by atoms with van der Waals surface area (Å²) in [6.07, 6.45) is 6.80. The van der Waals surface area contributed by atoms with E-state index in [0.717, 1.165) is 24.5 Å². The molecule has 0 aliphatic rings. The maximum atomic E-state index is 5.91. The Balaban J connectivity index is 1.82. The Bertz CT molecular complexity index is 479. The minimum atomic E-state index is 0.403. The number of hydrogen-bond donors (Lipinski definition) is 0. The van der Waals surface area contributed by atoms with Crippen LogP contribution in [0.15, 0.2) is 43.0 Å². The van der Waals surface area contributed by atoms with Crippen molar-refractivity contribution < 1.29 is 0 Å². The zero-order valence-corrected chi connectivity index (χ0v) is 12.2. The van der Waals surface area contributed by atoms with Gasteiger partial charge >= 0.3 is 0 Å². The monoisotopic (exact) mass is 277 g/mol. The lowest BCUT2D eigenvalue weighted by Crippen LogP contribution is -2.24. The second-order valence-corrected chi connectivity index (χ2v) is 5.30. The van der Waals surface area contributed by atoms with Crippen LogP contribution in [-0.4, -0.2) is 28.0 Å². The molecule has 0 fully saturated rings. The van der Waals surface area contributed by atoms with Crippen molar-refractivity contribution in [2.75, 3.05) is 13.6 Å². The smallest absolute Gasteiger partial charge is 0.0945 e. The van der Waals surface area contributed by atoms with Crippen LogP contribution < -0.4 is 0 Å². The quantitative estimate of drug-likeness (QED) is 0.804. The highest BCUT2D eigenvalue weighted by atomic mass is 35.5. The zero-order chi connectivity index (χ0) is 13.7. The Hall–Kier alpha value is -1.32. The van der Waals surface area contributed by atoms with Crippen molar-refractivity contribution in [3.63, 3.8) is 0 Å². The van der Waals surface area contributed by atoms with E-state index in [4.69, 9.17) is 11.6 Å². The highest BCUT2D eigenvalue weighted by molar-refractivity contribution is 6.30. The average Bonchev–Trinajstić information content (AvgIpc) is 2.92. The van der Waals surface area contributed by atoms with Crippen LogP contribution in [0.2, 0.25) is 5.02 Å². The Morgan fingerprint density at radius 3 is 2.68 bits per heavy atom. The molecule has 0 spiro atoms. The summed E-state index contributed by atoms with van der Waals surface area (Å²) < 4.78 is 2.11. The standard InChI is InChI=1S/C15H20ClN3/c1-13(14-4-6-15(16)7-5-14)18(2)9-3-10-19-11-8-17-12-19/h4-8,11-13H,3,9-10H2,1-2H3. The Kier molecular flexibility index (Phi) is 5.00. The molecule has 1 unspecified atom stereocenters. The predicted octanol–water partition coefficient (Wildman–Crippen LogP) is 3.62. The summed E-state index contributed by atoms with van der Waals surface area (Å²) in [5.74, 6) is 0. The molecule has 0 saturated carbocycles. The van der Waals surface area contributed by atoms with Gasteiger partial charge in [-0.1, -0.05) is 23.7 Å². The number of hydrogen-bond acceptors (Lipinski definition) is 2. The summed E-state index contributed by atoms with van der Waals surface area (Å²) in [6.45, 7) is 4.29.